The van der Waals surface area contributed by atoms with Gasteiger partial charge >= 0.3 is 0 Å². The summed E-state index contributed by atoms with van der Waals surface area (Å²) in [6.45, 7) is 6.55. The van der Waals surface area contributed by atoms with Gasteiger partial charge < -0.3 is 14.4 Å². The Hall–Kier alpha value is -2.35. The van der Waals surface area contributed by atoms with Gasteiger partial charge in [-0.2, -0.15) is 0 Å². The molecule has 0 saturated heterocycles. The topological polar surface area (TPSA) is 67.9 Å². The van der Waals surface area contributed by atoms with Crippen LogP contribution in [0.2, 0.25) is 5.02 Å². The number of benzene rings is 2. The Kier molecular flexibility index (Phi) is 9.51. The van der Waals surface area contributed by atoms with Gasteiger partial charge in [0.1, 0.15) is 16.7 Å². The summed E-state index contributed by atoms with van der Waals surface area (Å²) in [6.07, 6.45) is 11.8. The molecular weight excluding hydrogens is 580 g/mol. The Balaban J connectivity index is 1.37. The van der Waals surface area contributed by atoms with Gasteiger partial charge in [0.05, 0.1) is 23.6 Å². The maximum Gasteiger partial charge on any atom is 0.263 e. The summed E-state index contributed by atoms with van der Waals surface area (Å²) < 4.78 is 29.0. The van der Waals surface area contributed by atoms with Crippen LogP contribution in [0, 0.1) is 23.7 Å². The molecule has 0 radical (unpaired) electrons. The molecule has 8 heteroatoms. The Bertz CT molecular complexity index is 1380. The number of nitrogens with zero attached hydrogens (tertiary/aromatic N) is 1. The van der Waals surface area contributed by atoms with E-state index in [1.165, 1.54) is 11.1 Å². The average molecular weight is 625 g/mol. The lowest BCUT2D eigenvalue weighted by atomic mass is 9.70. The molecule has 2 bridgehead atoms. The number of hydrogen-bond acceptors (Lipinski definition) is 5. The highest BCUT2D eigenvalue weighted by atomic mass is 35.5. The second kappa shape index (κ2) is 13.3. The number of allylic oxidation sites excluding steroid dienone is 1. The van der Waals surface area contributed by atoms with E-state index in [-0.39, 0.29) is 29.1 Å². The minimum absolute atomic E-state index is 0.0562. The molecule has 2 aliphatic heterocycles. The van der Waals surface area contributed by atoms with Crippen molar-refractivity contribution < 1.29 is 18.5 Å². The van der Waals surface area contributed by atoms with E-state index in [0.29, 0.717) is 29.9 Å². The lowest BCUT2D eigenvalue weighted by Gasteiger charge is -2.43. The number of carbonyl (C=O) groups is 1. The van der Waals surface area contributed by atoms with Crippen LogP contribution in [0.5, 0.6) is 5.75 Å². The first-order valence-corrected chi connectivity index (χ1v) is 17.7. The van der Waals surface area contributed by atoms with Crippen molar-refractivity contribution in [3.8, 4) is 5.75 Å². The molecular formula is C35H45ClN2O4S. The number of carbonyl (C=O) groups excluding carboxylic acids is 1. The number of amides is 1. The van der Waals surface area contributed by atoms with E-state index in [1.54, 1.807) is 0 Å². The highest BCUT2D eigenvalue weighted by molar-refractivity contribution is 7.84. The zero-order valence-electron chi connectivity index (χ0n) is 25.6. The number of methoxy groups -OCH3 is 1. The van der Waals surface area contributed by atoms with E-state index in [2.05, 4.69) is 47.8 Å². The average Bonchev–Trinajstić information content (AvgIpc) is 3.82. The zero-order chi connectivity index (χ0) is 30.1. The lowest BCUT2D eigenvalue weighted by molar-refractivity contribution is 0.0134. The summed E-state index contributed by atoms with van der Waals surface area (Å²) >= 11 is 6.42. The fourth-order valence-electron chi connectivity index (χ4n) is 7.44. The van der Waals surface area contributed by atoms with E-state index in [9.17, 15) is 9.00 Å². The minimum atomic E-state index is -1.46. The van der Waals surface area contributed by atoms with Gasteiger partial charge in [-0.05, 0) is 104 Å². The number of fused-ring (bicyclic) bond motifs is 2. The molecule has 2 aromatic rings. The number of halogens is 1. The standard InChI is InChI=1S/C35H45ClN2O4S/c1-4-6-24-17-28(36)13-15-29(24)27-20-38-19-26-11-14-30(26)32(41-3)8-5-7-22(2)34(23-9-10-23)43(40)37-35(39)25-12-16-33(42-21-27)31(38)18-25/h5,8,12-13,15-18,22-23,26-27,30,32,34H,4,6-7,9-11,14,19-21H2,1-3H3,(H,37,39)/b8-5+/t22-,26?,27?,30?,32?,34?,43?/m1/s1. The fourth-order valence-corrected chi connectivity index (χ4v) is 9.23. The first-order valence-electron chi connectivity index (χ1n) is 16.1. The van der Waals surface area contributed by atoms with Crippen LogP contribution in [0.3, 0.4) is 0 Å². The highest BCUT2D eigenvalue weighted by Gasteiger charge is 2.41. The molecule has 1 N–H and O–H groups in total. The first kappa shape index (κ1) is 30.7. The molecule has 2 fully saturated rings. The molecule has 2 aromatic carbocycles. The molecule has 0 aromatic heterocycles. The van der Waals surface area contributed by atoms with E-state index < -0.39 is 11.0 Å². The quantitative estimate of drug-likeness (QED) is 0.360. The van der Waals surface area contributed by atoms with Gasteiger partial charge in [0.25, 0.3) is 5.91 Å². The summed E-state index contributed by atoms with van der Waals surface area (Å²) in [5, 5.41) is 0.703. The van der Waals surface area contributed by atoms with Crippen LogP contribution in [0.1, 0.15) is 79.8 Å². The van der Waals surface area contributed by atoms with Gasteiger partial charge in [-0.3, -0.25) is 9.52 Å². The van der Waals surface area contributed by atoms with Gasteiger partial charge in [0.15, 0.2) is 0 Å². The van der Waals surface area contributed by atoms with Crippen molar-refractivity contribution in [1.82, 2.24) is 4.72 Å². The van der Waals surface area contributed by atoms with Gasteiger partial charge in [-0.25, -0.2) is 4.21 Å². The predicted octanol–water partition coefficient (Wildman–Crippen LogP) is 7.08. The number of rotatable bonds is 5. The second-order valence-electron chi connectivity index (χ2n) is 13.1. The lowest BCUT2D eigenvalue weighted by Crippen LogP contribution is -2.44. The van der Waals surface area contributed by atoms with Gasteiger partial charge in [0, 0.05) is 36.7 Å². The highest BCUT2D eigenvalue weighted by Crippen LogP contribution is 2.44. The third kappa shape index (κ3) is 6.69. The van der Waals surface area contributed by atoms with Crippen molar-refractivity contribution in [1.29, 1.82) is 0 Å². The van der Waals surface area contributed by atoms with Crippen LogP contribution in [0.25, 0.3) is 0 Å². The van der Waals surface area contributed by atoms with Crippen LogP contribution in [-0.4, -0.2) is 48.3 Å². The predicted molar refractivity (Wildman–Crippen MR) is 174 cm³/mol. The van der Waals surface area contributed by atoms with E-state index >= 15 is 0 Å². The SMILES string of the molecule is CCCc1cc(Cl)ccc1C1COc2ccc3cc2N(C1)CC1CCC1C(OC)/C=C/C[C@@H](C)C(C1CC1)S(=O)NC3=O. The molecule has 2 heterocycles. The molecule has 43 heavy (non-hydrogen) atoms. The molecule has 1 amide bonds. The van der Waals surface area contributed by atoms with E-state index in [1.807, 2.05) is 31.4 Å². The van der Waals surface area contributed by atoms with Gasteiger partial charge in [0.2, 0.25) is 0 Å². The summed E-state index contributed by atoms with van der Waals surface area (Å²) in [5.41, 5.74) is 4.01. The van der Waals surface area contributed by atoms with Crippen LogP contribution in [0.15, 0.2) is 48.6 Å². The summed E-state index contributed by atoms with van der Waals surface area (Å²) in [7, 11) is 0.353. The van der Waals surface area contributed by atoms with Crippen molar-refractivity contribution in [2.75, 3.05) is 31.7 Å². The normalized spacial score (nSPS) is 32.0. The van der Waals surface area contributed by atoms with Crippen molar-refractivity contribution in [2.45, 2.75) is 76.1 Å². The van der Waals surface area contributed by atoms with Crippen LogP contribution >= 0.6 is 11.6 Å². The second-order valence-corrected chi connectivity index (χ2v) is 14.8. The third-order valence-electron chi connectivity index (χ3n) is 10.1. The van der Waals surface area contributed by atoms with Crippen LogP contribution in [-0.2, 0) is 22.1 Å². The smallest absolute Gasteiger partial charge is 0.263 e. The van der Waals surface area contributed by atoms with Crippen LogP contribution in [0.4, 0.5) is 5.69 Å². The van der Waals surface area contributed by atoms with Gasteiger partial charge in [-0.15, -0.1) is 0 Å². The molecule has 0 spiro atoms. The number of nitrogens with one attached hydrogen (secondary N) is 1. The summed E-state index contributed by atoms with van der Waals surface area (Å²) in [5.74, 6) is 2.15. The molecule has 6 rings (SSSR count). The molecule has 2 aliphatic carbocycles. The molecule has 232 valence electrons. The molecule has 7 atom stereocenters. The zero-order valence-corrected chi connectivity index (χ0v) is 27.2. The largest absolute Gasteiger partial charge is 0.491 e. The first-order chi connectivity index (χ1) is 20.9. The molecule has 2 saturated carbocycles. The van der Waals surface area contributed by atoms with Crippen molar-refractivity contribution in [3.63, 3.8) is 0 Å². The third-order valence-corrected chi connectivity index (χ3v) is 12.0. The molecule has 4 aliphatic rings. The van der Waals surface area contributed by atoms with Crippen molar-refractivity contribution in [3.05, 3.63) is 70.3 Å². The Morgan fingerprint density at radius 3 is 2.63 bits per heavy atom. The van der Waals surface area contributed by atoms with Crippen LogP contribution < -0.4 is 14.4 Å². The Morgan fingerprint density at radius 1 is 1.09 bits per heavy atom. The van der Waals surface area contributed by atoms with E-state index in [4.69, 9.17) is 21.1 Å². The van der Waals surface area contributed by atoms with Crippen molar-refractivity contribution >= 4 is 34.2 Å². The molecule has 6 unspecified atom stereocenters. The van der Waals surface area contributed by atoms with Crippen molar-refractivity contribution in [2.24, 2.45) is 23.7 Å². The summed E-state index contributed by atoms with van der Waals surface area (Å²) in [4.78, 5) is 16.0. The number of anilines is 1. The van der Waals surface area contributed by atoms with E-state index in [0.717, 1.165) is 74.5 Å². The monoisotopic (exact) mass is 624 g/mol. The number of hydrogen-bond donors (Lipinski definition) is 1. The minimum Gasteiger partial charge on any atom is -0.491 e. The number of aryl methyl sites for hydroxylation is 1. The fraction of sp³-hybridized carbons (Fsp3) is 0.571. The Labute approximate surface area is 264 Å². The summed E-state index contributed by atoms with van der Waals surface area (Å²) in [6, 6.07) is 11.9. The maximum atomic E-state index is 13.6. The Morgan fingerprint density at radius 2 is 1.91 bits per heavy atom. The maximum absolute atomic E-state index is 13.6. The van der Waals surface area contributed by atoms with Gasteiger partial charge in [-0.1, -0.05) is 50.1 Å². The molecule has 6 nitrogen and oxygen atoms in total. The number of ether oxygens (including phenoxy) is 2.